The van der Waals surface area contributed by atoms with E-state index >= 15 is 0 Å². The average molecular weight is 495 g/mol. The fraction of sp³-hybridized carbons (Fsp3) is 0.200. The molecule has 0 aliphatic heterocycles. The molecule has 10 heteroatoms. The van der Waals surface area contributed by atoms with Gasteiger partial charge in [-0.2, -0.15) is 5.10 Å². The van der Waals surface area contributed by atoms with Gasteiger partial charge in [-0.1, -0.05) is 11.6 Å². The summed E-state index contributed by atoms with van der Waals surface area (Å²) in [5.74, 6) is -0.0669. The Labute approximate surface area is 207 Å². The second-order valence-electron chi connectivity index (χ2n) is 8.12. The Hall–Kier alpha value is -3.98. The Bertz CT molecular complexity index is 1390. The van der Waals surface area contributed by atoms with Crippen LogP contribution in [-0.2, 0) is 0 Å². The van der Waals surface area contributed by atoms with Crippen LogP contribution in [-0.4, -0.2) is 32.8 Å². The summed E-state index contributed by atoms with van der Waals surface area (Å²) >= 11 is 6.32. The van der Waals surface area contributed by atoms with Crippen LogP contribution in [0.2, 0.25) is 5.02 Å². The highest BCUT2D eigenvalue weighted by molar-refractivity contribution is 6.32. The van der Waals surface area contributed by atoms with E-state index < -0.39 is 0 Å². The Morgan fingerprint density at radius 2 is 1.91 bits per heavy atom. The third kappa shape index (κ3) is 5.41. The summed E-state index contributed by atoms with van der Waals surface area (Å²) in [4.78, 5) is 21.6. The molecule has 8 nitrogen and oxygen atoms in total. The molecule has 0 radical (unpaired) electrons. The molecule has 0 saturated heterocycles. The van der Waals surface area contributed by atoms with Crippen LogP contribution in [0, 0.1) is 12.7 Å². The SMILES string of the molecule is COc1cc(Nc2ncc(Cl)c(-c3ccn(C(C)C)n3)n2)ccc1C(=O)Nc1ccc(F)c(C)c1. The van der Waals surface area contributed by atoms with Gasteiger partial charge in [0.1, 0.15) is 23.0 Å². The Morgan fingerprint density at radius 1 is 1.14 bits per heavy atom. The smallest absolute Gasteiger partial charge is 0.259 e. The van der Waals surface area contributed by atoms with Crippen molar-refractivity contribution in [3.8, 4) is 17.1 Å². The lowest BCUT2D eigenvalue weighted by atomic mass is 10.1. The predicted octanol–water partition coefficient (Wildman–Crippen LogP) is 6.03. The van der Waals surface area contributed by atoms with Crippen LogP contribution in [0.3, 0.4) is 0 Å². The summed E-state index contributed by atoms with van der Waals surface area (Å²) in [5.41, 5.74) is 2.98. The number of anilines is 3. The summed E-state index contributed by atoms with van der Waals surface area (Å²) in [6.45, 7) is 5.69. The number of nitrogens with one attached hydrogen (secondary N) is 2. The summed E-state index contributed by atoms with van der Waals surface area (Å²) in [5, 5.41) is 10.8. The number of aryl methyl sites for hydroxylation is 1. The first-order valence-electron chi connectivity index (χ1n) is 10.9. The van der Waals surface area contributed by atoms with Gasteiger partial charge in [0.25, 0.3) is 5.91 Å². The van der Waals surface area contributed by atoms with E-state index in [9.17, 15) is 9.18 Å². The minimum Gasteiger partial charge on any atom is -0.496 e. The second-order valence-corrected chi connectivity index (χ2v) is 8.53. The van der Waals surface area contributed by atoms with E-state index in [0.717, 1.165) is 0 Å². The van der Waals surface area contributed by atoms with Gasteiger partial charge in [0.05, 0.1) is 23.9 Å². The Kier molecular flexibility index (Phi) is 6.97. The lowest BCUT2D eigenvalue weighted by Gasteiger charge is -2.13. The van der Waals surface area contributed by atoms with E-state index in [4.69, 9.17) is 16.3 Å². The van der Waals surface area contributed by atoms with Crippen LogP contribution in [0.1, 0.15) is 35.8 Å². The molecule has 2 aromatic carbocycles. The van der Waals surface area contributed by atoms with Gasteiger partial charge >= 0.3 is 0 Å². The zero-order chi connectivity index (χ0) is 25.1. The summed E-state index contributed by atoms with van der Waals surface area (Å²) in [6.07, 6.45) is 3.37. The van der Waals surface area contributed by atoms with Crippen molar-refractivity contribution in [1.29, 1.82) is 0 Å². The minimum absolute atomic E-state index is 0.206. The third-order valence-electron chi connectivity index (χ3n) is 5.24. The van der Waals surface area contributed by atoms with Crippen molar-refractivity contribution in [2.45, 2.75) is 26.8 Å². The van der Waals surface area contributed by atoms with E-state index in [-0.39, 0.29) is 17.8 Å². The number of carbonyl (C=O) groups is 1. The molecule has 0 bridgehead atoms. The molecule has 0 unspecified atom stereocenters. The maximum atomic E-state index is 13.5. The number of hydrogen-bond acceptors (Lipinski definition) is 6. The fourth-order valence-electron chi connectivity index (χ4n) is 3.37. The molecule has 180 valence electrons. The average Bonchev–Trinajstić information content (AvgIpc) is 3.33. The molecule has 0 aliphatic carbocycles. The number of benzene rings is 2. The standard InChI is InChI=1S/C25H24ClFN6O2/c1-14(2)33-10-9-21(32-33)23-19(26)13-28-25(31-23)30-17-5-7-18(22(12-17)35-4)24(34)29-16-6-8-20(27)15(3)11-16/h5-14H,1-4H3,(H,29,34)(H,28,30,31). The number of rotatable bonds is 7. The molecule has 0 saturated carbocycles. The van der Waals surface area contributed by atoms with Gasteiger partial charge in [0, 0.05) is 29.7 Å². The van der Waals surface area contributed by atoms with E-state index in [2.05, 4.69) is 25.7 Å². The number of methoxy groups -OCH3 is 1. The van der Waals surface area contributed by atoms with Crippen LogP contribution >= 0.6 is 11.6 Å². The molecule has 0 aliphatic rings. The molecule has 4 aromatic rings. The summed E-state index contributed by atoms with van der Waals surface area (Å²) < 4.78 is 20.8. The zero-order valence-electron chi connectivity index (χ0n) is 19.6. The summed E-state index contributed by atoms with van der Waals surface area (Å²) in [6, 6.07) is 11.4. The minimum atomic E-state index is -0.384. The Balaban J connectivity index is 1.55. The van der Waals surface area contributed by atoms with Crippen molar-refractivity contribution < 1.29 is 13.9 Å². The topological polar surface area (TPSA) is 94.0 Å². The van der Waals surface area contributed by atoms with E-state index in [1.165, 1.54) is 25.4 Å². The predicted molar refractivity (Wildman–Crippen MR) is 134 cm³/mol. The van der Waals surface area contributed by atoms with E-state index in [1.54, 1.807) is 31.2 Å². The van der Waals surface area contributed by atoms with Gasteiger partial charge in [-0.25, -0.2) is 14.4 Å². The lowest BCUT2D eigenvalue weighted by Crippen LogP contribution is -2.13. The third-order valence-corrected chi connectivity index (χ3v) is 5.52. The molecule has 2 N–H and O–H groups in total. The first kappa shape index (κ1) is 24.2. The fourth-order valence-corrected chi connectivity index (χ4v) is 3.55. The summed E-state index contributed by atoms with van der Waals surface area (Å²) in [7, 11) is 1.47. The first-order valence-corrected chi connectivity index (χ1v) is 11.2. The molecular weight excluding hydrogens is 471 g/mol. The highest BCUT2D eigenvalue weighted by atomic mass is 35.5. The maximum absolute atomic E-state index is 13.5. The number of ether oxygens (including phenoxy) is 1. The molecule has 35 heavy (non-hydrogen) atoms. The molecule has 2 aromatic heterocycles. The molecule has 1 amide bonds. The van der Waals surface area contributed by atoms with Gasteiger partial charge in [-0.05, 0) is 62.7 Å². The molecule has 0 spiro atoms. The van der Waals surface area contributed by atoms with Crippen LogP contribution in [0.4, 0.5) is 21.7 Å². The van der Waals surface area contributed by atoms with Crippen molar-refractivity contribution in [3.63, 3.8) is 0 Å². The van der Waals surface area contributed by atoms with E-state index in [1.807, 2.05) is 30.8 Å². The van der Waals surface area contributed by atoms with Gasteiger partial charge in [0.15, 0.2) is 0 Å². The lowest BCUT2D eigenvalue weighted by molar-refractivity contribution is 0.102. The van der Waals surface area contributed by atoms with Crippen molar-refractivity contribution in [2.75, 3.05) is 17.7 Å². The first-order chi connectivity index (χ1) is 16.7. The van der Waals surface area contributed by atoms with Crippen molar-refractivity contribution in [3.05, 3.63) is 76.8 Å². The van der Waals surface area contributed by atoms with Crippen molar-refractivity contribution in [1.82, 2.24) is 19.7 Å². The number of hydrogen-bond donors (Lipinski definition) is 2. The largest absolute Gasteiger partial charge is 0.496 e. The molecule has 2 heterocycles. The van der Waals surface area contributed by atoms with Gasteiger partial charge in [0.2, 0.25) is 5.95 Å². The van der Waals surface area contributed by atoms with Crippen LogP contribution in [0.25, 0.3) is 11.4 Å². The van der Waals surface area contributed by atoms with Crippen LogP contribution < -0.4 is 15.4 Å². The number of nitrogens with zero attached hydrogens (tertiary/aromatic N) is 4. The second kappa shape index (κ2) is 10.1. The van der Waals surface area contributed by atoms with Crippen molar-refractivity contribution in [2.24, 2.45) is 0 Å². The maximum Gasteiger partial charge on any atom is 0.259 e. The highest BCUT2D eigenvalue weighted by Gasteiger charge is 2.16. The molecule has 0 atom stereocenters. The number of aromatic nitrogens is 4. The van der Waals surface area contributed by atoms with Gasteiger partial charge in [-0.15, -0.1) is 0 Å². The highest BCUT2D eigenvalue weighted by Crippen LogP contribution is 2.29. The van der Waals surface area contributed by atoms with Crippen LogP contribution in [0.5, 0.6) is 5.75 Å². The molecule has 0 fully saturated rings. The van der Waals surface area contributed by atoms with Crippen LogP contribution in [0.15, 0.2) is 54.9 Å². The van der Waals surface area contributed by atoms with E-state index in [0.29, 0.717) is 50.6 Å². The molecular formula is C25H24ClFN6O2. The quantitative estimate of drug-likeness (QED) is 0.326. The van der Waals surface area contributed by atoms with Gasteiger partial charge < -0.3 is 15.4 Å². The molecule has 4 rings (SSSR count). The number of amides is 1. The van der Waals surface area contributed by atoms with Gasteiger partial charge in [-0.3, -0.25) is 9.48 Å². The normalized spacial score (nSPS) is 10.9. The zero-order valence-corrected chi connectivity index (χ0v) is 20.4. The van der Waals surface area contributed by atoms with Crippen molar-refractivity contribution >= 4 is 34.8 Å². The Morgan fingerprint density at radius 3 is 2.60 bits per heavy atom. The number of carbonyl (C=O) groups excluding carboxylic acids is 1. The monoisotopic (exact) mass is 494 g/mol. The number of halogens is 2.